The number of aromatic nitrogens is 3. The van der Waals surface area contributed by atoms with E-state index in [1.54, 1.807) is 0 Å². The number of nitrogens with two attached hydrogens (primary N) is 1. The van der Waals surface area contributed by atoms with Crippen molar-refractivity contribution in [3.05, 3.63) is 28.3 Å². The number of halogens is 4. The van der Waals surface area contributed by atoms with E-state index in [1.807, 2.05) is 11.9 Å². The quantitative estimate of drug-likeness (QED) is 0.382. The monoisotopic (exact) mass is 688 g/mol. The van der Waals surface area contributed by atoms with Crippen LogP contribution in [0.5, 0.6) is 11.8 Å². The molecule has 3 aromatic rings. The number of nitrogens with one attached hydrogen (secondary N) is 1. The number of amides is 1. The zero-order valence-corrected chi connectivity index (χ0v) is 27.8. The molecule has 0 spiro atoms. The number of alkyl halides is 3. The molecular formula is C33H40ClF3N8O3. The molecule has 7 rings (SSSR count). The van der Waals surface area contributed by atoms with Gasteiger partial charge in [-0.15, -0.1) is 0 Å². The van der Waals surface area contributed by atoms with Crippen LogP contribution >= 0.6 is 11.6 Å². The van der Waals surface area contributed by atoms with E-state index < -0.39 is 17.4 Å². The molecule has 3 saturated heterocycles. The molecule has 258 valence electrons. The molecule has 48 heavy (non-hydrogen) atoms. The van der Waals surface area contributed by atoms with Gasteiger partial charge in [-0.1, -0.05) is 11.6 Å². The number of pyridine rings is 1. The number of likely N-dealkylation sites (tertiary alicyclic amines) is 1. The summed E-state index contributed by atoms with van der Waals surface area (Å²) in [4.78, 5) is 33.3. The van der Waals surface area contributed by atoms with Crippen LogP contribution in [0.3, 0.4) is 0 Å². The Labute approximate surface area is 281 Å². The topological polar surface area (TPSA) is 122 Å². The number of hydrogen-bond donors (Lipinski definition) is 2. The van der Waals surface area contributed by atoms with Gasteiger partial charge in [0, 0.05) is 37.7 Å². The van der Waals surface area contributed by atoms with Crippen LogP contribution in [-0.4, -0.2) is 102 Å². The molecule has 1 amide bonds. The Bertz CT molecular complexity index is 1720. The number of benzene rings is 1. The summed E-state index contributed by atoms with van der Waals surface area (Å²) < 4.78 is 55.9. The van der Waals surface area contributed by atoms with Gasteiger partial charge in [0.05, 0.1) is 33.2 Å². The number of anilines is 2. The highest BCUT2D eigenvalue weighted by Crippen LogP contribution is 2.49. The molecule has 2 atom stereocenters. The molecule has 2 aromatic heterocycles. The number of aryl methyl sites for hydroxylation is 1. The zero-order valence-electron chi connectivity index (χ0n) is 27.1. The molecule has 0 radical (unpaired) electrons. The fourth-order valence-corrected chi connectivity index (χ4v) is 7.83. The largest absolute Gasteiger partial charge is 0.489 e. The van der Waals surface area contributed by atoms with E-state index in [4.69, 9.17) is 31.8 Å². The summed E-state index contributed by atoms with van der Waals surface area (Å²) in [5.74, 6) is 1.08. The zero-order chi connectivity index (χ0) is 33.7. The van der Waals surface area contributed by atoms with Gasteiger partial charge < -0.3 is 35.2 Å². The van der Waals surface area contributed by atoms with Gasteiger partial charge in [-0.2, -0.15) is 23.1 Å². The number of fused-ring (bicyclic) bond motifs is 2. The summed E-state index contributed by atoms with van der Waals surface area (Å²) in [6.45, 7) is 6.03. The van der Waals surface area contributed by atoms with Gasteiger partial charge in [-0.05, 0) is 82.9 Å². The summed E-state index contributed by atoms with van der Waals surface area (Å²) in [5, 5.41) is 3.77. The average molecular weight is 689 g/mol. The van der Waals surface area contributed by atoms with Crippen molar-refractivity contribution in [1.82, 2.24) is 30.1 Å². The smallest absolute Gasteiger partial charge is 0.418 e. The predicted octanol–water partition coefficient (Wildman–Crippen LogP) is 4.53. The second kappa shape index (κ2) is 13.0. The Balaban J connectivity index is 1.29. The number of carbonyl (C=O) groups excluding carboxylic acids is 1. The first-order valence-corrected chi connectivity index (χ1v) is 17.0. The van der Waals surface area contributed by atoms with Crippen LogP contribution < -0.4 is 25.4 Å². The van der Waals surface area contributed by atoms with E-state index in [2.05, 4.69) is 25.1 Å². The van der Waals surface area contributed by atoms with Crippen LogP contribution in [0.4, 0.5) is 24.8 Å². The third-order valence-electron chi connectivity index (χ3n) is 10.1. The van der Waals surface area contributed by atoms with Crippen molar-refractivity contribution < 1.29 is 27.4 Å². The minimum atomic E-state index is -4.73. The molecule has 0 aliphatic carbocycles. The summed E-state index contributed by atoms with van der Waals surface area (Å²) in [7, 11) is 2.05. The molecule has 4 aliphatic heterocycles. The maximum Gasteiger partial charge on any atom is 0.418 e. The van der Waals surface area contributed by atoms with Gasteiger partial charge in [0.2, 0.25) is 5.91 Å². The highest BCUT2D eigenvalue weighted by Gasteiger charge is 2.40. The van der Waals surface area contributed by atoms with Gasteiger partial charge in [0.15, 0.2) is 5.75 Å². The normalized spacial score (nSPS) is 22.0. The van der Waals surface area contributed by atoms with Crippen LogP contribution in [0.1, 0.15) is 43.2 Å². The summed E-state index contributed by atoms with van der Waals surface area (Å²) in [6, 6.07) is 2.69. The van der Waals surface area contributed by atoms with Crippen molar-refractivity contribution in [3.8, 4) is 23.0 Å². The number of piperazine rings is 1. The number of likely N-dealkylation sites (N-methyl/N-ethyl adjacent to an activating group) is 1. The van der Waals surface area contributed by atoms with E-state index >= 15 is 0 Å². The molecule has 11 nitrogen and oxygen atoms in total. The molecule has 0 unspecified atom stereocenters. The SMILES string of the molecule is Cc1cc(N)nc(-c2cc3nc(OC[C@@H]4CCCN4C)nc4c3c(c2Cl)OC[C@@H]2CN(C(=O)CC3CCNCC3)CCN42)c1C(F)(F)F. The fraction of sp³-hybridized carbons (Fsp3) is 0.576. The van der Waals surface area contributed by atoms with Gasteiger partial charge in [0.1, 0.15) is 24.8 Å². The van der Waals surface area contributed by atoms with E-state index in [1.165, 1.54) is 19.1 Å². The number of hydrogen-bond acceptors (Lipinski definition) is 10. The molecule has 1 aromatic carbocycles. The molecule has 3 fully saturated rings. The van der Waals surface area contributed by atoms with Gasteiger partial charge >= 0.3 is 12.2 Å². The van der Waals surface area contributed by atoms with Gasteiger partial charge in [-0.3, -0.25) is 4.79 Å². The maximum absolute atomic E-state index is 14.4. The van der Waals surface area contributed by atoms with Crippen LogP contribution in [-0.2, 0) is 11.0 Å². The maximum atomic E-state index is 14.4. The number of nitrogens with zero attached hydrogens (tertiary/aromatic N) is 6. The number of ether oxygens (including phenoxy) is 2. The fourth-order valence-electron chi connectivity index (χ4n) is 7.54. The van der Waals surface area contributed by atoms with Crippen molar-refractivity contribution in [2.24, 2.45) is 5.92 Å². The highest BCUT2D eigenvalue weighted by molar-refractivity contribution is 6.36. The Morgan fingerprint density at radius 1 is 1.15 bits per heavy atom. The summed E-state index contributed by atoms with van der Waals surface area (Å²) >= 11 is 6.96. The third-order valence-corrected chi connectivity index (χ3v) is 10.5. The standard InChI is InChI=1S/C33H40ClF3N8O3/c1-18-12-24(38)41-29(27(18)33(35,36)37)22-14-23-26-30(28(22)34)47-17-21-15-44(25(46)13-19-5-7-39-8-6-19)10-11-45(21)31(26)42-32(40-23)48-16-20-4-3-9-43(20)2/h12,14,19-21,39H,3-11,13,15-17H2,1-2H3,(H2,38,41)/t20-,21-/m0/s1. The van der Waals surface area contributed by atoms with Crippen molar-refractivity contribution in [1.29, 1.82) is 0 Å². The summed E-state index contributed by atoms with van der Waals surface area (Å²) in [6.07, 6.45) is -0.229. The highest BCUT2D eigenvalue weighted by atomic mass is 35.5. The Kier molecular flexibility index (Phi) is 8.92. The molecule has 15 heteroatoms. The first kappa shape index (κ1) is 32.9. The van der Waals surface area contributed by atoms with Gasteiger partial charge in [0.25, 0.3) is 0 Å². The molecular weight excluding hydrogens is 649 g/mol. The van der Waals surface area contributed by atoms with Crippen molar-refractivity contribution in [2.75, 3.05) is 70.2 Å². The Hall–Kier alpha value is -3.62. The van der Waals surface area contributed by atoms with Crippen LogP contribution in [0.2, 0.25) is 5.02 Å². The second-order valence-electron chi connectivity index (χ2n) is 13.4. The lowest BCUT2D eigenvalue weighted by atomic mass is 9.94. The Morgan fingerprint density at radius 2 is 1.94 bits per heavy atom. The van der Waals surface area contributed by atoms with Crippen molar-refractivity contribution in [2.45, 2.75) is 57.3 Å². The average Bonchev–Trinajstić information content (AvgIpc) is 3.38. The molecule has 6 heterocycles. The van der Waals surface area contributed by atoms with E-state index in [0.717, 1.165) is 45.3 Å². The Morgan fingerprint density at radius 3 is 2.67 bits per heavy atom. The van der Waals surface area contributed by atoms with Gasteiger partial charge in [-0.25, -0.2) is 4.98 Å². The number of nitrogen functional groups attached to an aromatic ring is 1. The van der Waals surface area contributed by atoms with Crippen molar-refractivity contribution >= 4 is 40.0 Å². The van der Waals surface area contributed by atoms with E-state index in [-0.39, 0.29) is 58.3 Å². The molecule has 4 aliphatic rings. The first-order valence-electron chi connectivity index (χ1n) is 16.6. The lowest BCUT2D eigenvalue weighted by Gasteiger charge is -2.41. The molecule has 0 bridgehead atoms. The lowest BCUT2D eigenvalue weighted by molar-refractivity contribution is -0.137. The minimum absolute atomic E-state index is 0.00772. The molecule has 0 saturated carbocycles. The van der Waals surface area contributed by atoms with Crippen LogP contribution in [0.15, 0.2) is 12.1 Å². The molecule has 3 N–H and O–H groups in total. The predicted molar refractivity (Wildman–Crippen MR) is 176 cm³/mol. The lowest BCUT2D eigenvalue weighted by Crippen LogP contribution is -2.57. The number of piperidine rings is 1. The van der Waals surface area contributed by atoms with E-state index in [0.29, 0.717) is 55.3 Å². The minimum Gasteiger partial charge on any atom is -0.489 e. The first-order chi connectivity index (χ1) is 23.0. The third kappa shape index (κ3) is 6.29. The summed E-state index contributed by atoms with van der Waals surface area (Å²) in [5.41, 5.74) is 4.85. The van der Waals surface area contributed by atoms with Crippen LogP contribution in [0.25, 0.3) is 22.2 Å². The van der Waals surface area contributed by atoms with Crippen LogP contribution in [0, 0.1) is 12.8 Å². The number of rotatable bonds is 6. The van der Waals surface area contributed by atoms with Crippen molar-refractivity contribution in [3.63, 3.8) is 0 Å². The number of carbonyl (C=O) groups is 1. The van der Waals surface area contributed by atoms with E-state index in [9.17, 15) is 18.0 Å². The second-order valence-corrected chi connectivity index (χ2v) is 13.7.